The minimum absolute atomic E-state index is 0.00921. The van der Waals surface area contributed by atoms with Crippen LogP contribution in [0.15, 0.2) is 24.4 Å². The molecule has 0 saturated carbocycles. The Morgan fingerprint density at radius 1 is 1.25 bits per heavy atom. The van der Waals surface area contributed by atoms with Gasteiger partial charge in [-0.2, -0.15) is 31.4 Å². The van der Waals surface area contributed by atoms with E-state index >= 15 is 0 Å². The lowest BCUT2D eigenvalue weighted by molar-refractivity contribution is -0.143. The Morgan fingerprint density at radius 2 is 1.94 bits per heavy atom. The number of halogens is 7. The summed E-state index contributed by atoms with van der Waals surface area (Å²) < 4.78 is 86.4. The van der Waals surface area contributed by atoms with Crippen LogP contribution in [0, 0.1) is 5.92 Å². The summed E-state index contributed by atoms with van der Waals surface area (Å²) in [6, 6.07) is 2.75. The zero-order valence-corrected chi connectivity index (χ0v) is 17.0. The van der Waals surface area contributed by atoms with Crippen LogP contribution < -0.4 is 5.32 Å². The van der Waals surface area contributed by atoms with Gasteiger partial charge < -0.3 is 15.2 Å². The van der Waals surface area contributed by atoms with E-state index in [0.29, 0.717) is 6.07 Å². The number of anilines is 1. The van der Waals surface area contributed by atoms with E-state index in [1.807, 2.05) is 0 Å². The molecule has 5 unspecified atom stereocenters. The first-order valence-corrected chi connectivity index (χ1v) is 9.77. The van der Waals surface area contributed by atoms with Gasteiger partial charge in [-0.3, -0.25) is 9.48 Å². The number of fused-ring (bicyclic) bond motifs is 2. The molecule has 2 N–H and O–H groups in total. The standard InChI is InChI=1S/C19H16ClF6N3O3/c1-29-6-8(16(28-29)19(24,25)26)13-14(12-5-11(30)15(13)32-12)17(31)27-7-2-3-10(20)9(4-7)18(21,22)23/h2-4,6,11-15,30H,5H2,1H3,(H,27,31). The molecule has 5 atom stereocenters. The van der Waals surface area contributed by atoms with Crippen molar-refractivity contribution in [3.05, 3.63) is 46.2 Å². The second-order valence-corrected chi connectivity index (χ2v) is 8.19. The molecule has 2 aliphatic heterocycles. The summed E-state index contributed by atoms with van der Waals surface area (Å²) in [4.78, 5) is 13.0. The maximum absolute atomic E-state index is 13.5. The number of aliphatic hydroxyl groups excluding tert-OH is 1. The second-order valence-electron chi connectivity index (χ2n) is 7.78. The van der Waals surface area contributed by atoms with Gasteiger partial charge in [-0.05, 0) is 18.2 Å². The number of hydrogen-bond donors (Lipinski definition) is 2. The van der Waals surface area contributed by atoms with Gasteiger partial charge in [-0.25, -0.2) is 0 Å². The van der Waals surface area contributed by atoms with Gasteiger partial charge in [0.1, 0.15) is 0 Å². The molecule has 2 aliphatic rings. The zero-order valence-electron chi connectivity index (χ0n) is 16.2. The second kappa shape index (κ2) is 7.63. The van der Waals surface area contributed by atoms with Crippen molar-refractivity contribution < 1.29 is 41.0 Å². The lowest BCUT2D eigenvalue weighted by atomic mass is 9.73. The number of aliphatic hydroxyl groups is 1. The van der Waals surface area contributed by atoms with Crippen LogP contribution in [-0.2, 0) is 28.9 Å². The molecular weight excluding hydrogens is 468 g/mol. The molecular formula is C19H16ClF6N3O3. The highest BCUT2D eigenvalue weighted by molar-refractivity contribution is 6.31. The third-order valence-corrected chi connectivity index (χ3v) is 5.98. The third-order valence-electron chi connectivity index (χ3n) is 5.65. The summed E-state index contributed by atoms with van der Waals surface area (Å²) in [7, 11) is 1.28. The Bertz CT molecular complexity index is 1050. The van der Waals surface area contributed by atoms with Crippen molar-refractivity contribution in [3.8, 4) is 0 Å². The van der Waals surface area contributed by atoms with E-state index in [2.05, 4.69) is 10.4 Å². The van der Waals surface area contributed by atoms with Crippen LogP contribution in [-0.4, -0.2) is 39.1 Å². The fourth-order valence-corrected chi connectivity index (χ4v) is 4.66. The summed E-state index contributed by atoms with van der Waals surface area (Å²) in [5.74, 6) is -3.20. The molecule has 0 aliphatic carbocycles. The number of nitrogens with one attached hydrogen (secondary N) is 1. The van der Waals surface area contributed by atoms with Gasteiger partial charge in [0.2, 0.25) is 5.91 Å². The summed E-state index contributed by atoms with van der Waals surface area (Å²) in [5.41, 5.74) is -2.92. The molecule has 0 spiro atoms. The minimum atomic E-state index is -4.82. The summed E-state index contributed by atoms with van der Waals surface area (Å²) >= 11 is 5.58. The van der Waals surface area contributed by atoms with Gasteiger partial charge in [-0.1, -0.05) is 11.6 Å². The van der Waals surface area contributed by atoms with Gasteiger partial charge in [0.15, 0.2) is 5.69 Å². The summed E-state index contributed by atoms with van der Waals surface area (Å²) in [5, 5.41) is 15.4. The van der Waals surface area contributed by atoms with Crippen LogP contribution >= 0.6 is 11.6 Å². The Hall–Kier alpha value is -2.31. The van der Waals surface area contributed by atoms with E-state index in [-0.39, 0.29) is 17.7 Å². The van der Waals surface area contributed by atoms with Crippen molar-refractivity contribution in [1.82, 2.24) is 9.78 Å². The van der Waals surface area contributed by atoms with E-state index in [0.717, 1.165) is 23.0 Å². The van der Waals surface area contributed by atoms with Crippen molar-refractivity contribution >= 4 is 23.2 Å². The molecule has 174 valence electrons. The third kappa shape index (κ3) is 3.95. The lowest BCUT2D eigenvalue weighted by Gasteiger charge is -2.30. The van der Waals surface area contributed by atoms with Gasteiger partial charge in [0.25, 0.3) is 0 Å². The highest BCUT2D eigenvalue weighted by Crippen LogP contribution is 2.51. The van der Waals surface area contributed by atoms with Gasteiger partial charge >= 0.3 is 12.4 Å². The molecule has 2 fully saturated rings. The molecule has 4 rings (SSSR count). The Balaban J connectivity index is 1.68. The molecule has 1 aromatic carbocycles. The first-order valence-electron chi connectivity index (χ1n) is 9.39. The van der Waals surface area contributed by atoms with E-state index in [9.17, 15) is 36.2 Å². The lowest BCUT2D eigenvalue weighted by Crippen LogP contribution is -2.41. The highest BCUT2D eigenvalue weighted by Gasteiger charge is 2.59. The van der Waals surface area contributed by atoms with Gasteiger partial charge in [-0.15, -0.1) is 0 Å². The summed E-state index contributed by atoms with van der Waals surface area (Å²) in [6.07, 6.45) is -11.6. The van der Waals surface area contributed by atoms with Crippen LogP contribution in [0.2, 0.25) is 5.02 Å². The van der Waals surface area contributed by atoms with E-state index in [4.69, 9.17) is 16.3 Å². The summed E-state index contributed by atoms with van der Waals surface area (Å²) in [6.45, 7) is 0. The van der Waals surface area contributed by atoms with Gasteiger partial charge in [0.05, 0.1) is 34.8 Å². The number of rotatable bonds is 3. The molecule has 13 heteroatoms. The number of nitrogens with zero attached hydrogens (tertiary/aromatic N) is 2. The van der Waals surface area contributed by atoms with Crippen molar-refractivity contribution in [2.75, 3.05) is 5.32 Å². The number of ether oxygens (including phenoxy) is 1. The molecule has 3 heterocycles. The number of aromatic nitrogens is 2. The predicted molar refractivity (Wildman–Crippen MR) is 98.8 cm³/mol. The molecule has 0 radical (unpaired) electrons. The van der Waals surface area contributed by atoms with E-state index < -0.39 is 64.7 Å². The Morgan fingerprint density at radius 3 is 2.56 bits per heavy atom. The Labute approximate surface area is 182 Å². The first kappa shape index (κ1) is 22.9. The van der Waals surface area contributed by atoms with Crippen molar-refractivity contribution in [2.24, 2.45) is 13.0 Å². The Kier molecular flexibility index (Phi) is 5.45. The quantitative estimate of drug-likeness (QED) is 0.648. The molecule has 32 heavy (non-hydrogen) atoms. The fourth-order valence-electron chi connectivity index (χ4n) is 4.43. The largest absolute Gasteiger partial charge is 0.435 e. The predicted octanol–water partition coefficient (Wildman–Crippen LogP) is 3.98. The highest BCUT2D eigenvalue weighted by atomic mass is 35.5. The average molecular weight is 484 g/mol. The average Bonchev–Trinajstić information content (AvgIpc) is 3.33. The van der Waals surface area contributed by atoms with Crippen LogP contribution in [0.25, 0.3) is 0 Å². The van der Waals surface area contributed by atoms with Gasteiger partial charge in [0, 0.05) is 36.8 Å². The van der Waals surface area contributed by atoms with Crippen LogP contribution in [0.3, 0.4) is 0 Å². The zero-order chi connectivity index (χ0) is 23.6. The minimum Gasteiger partial charge on any atom is -0.390 e. The SMILES string of the molecule is Cn1cc(C2C3OC(CC3O)C2C(=O)Nc2ccc(Cl)c(C(F)(F)F)c2)c(C(F)(F)F)n1. The topological polar surface area (TPSA) is 76.4 Å². The molecule has 1 amide bonds. The number of carbonyl (C=O) groups excluding carboxylic acids is 1. The van der Waals surface area contributed by atoms with Crippen molar-refractivity contribution in [2.45, 2.75) is 43.0 Å². The fraction of sp³-hybridized carbons (Fsp3) is 0.474. The van der Waals surface area contributed by atoms with Crippen molar-refractivity contribution in [3.63, 3.8) is 0 Å². The number of carbonyl (C=O) groups is 1. The number of amides is 1. The molecule has 2 bridgehead atoms. The number of alkyl halides is 6. The number of benzene rings is 1. The molecule has 2 aromatic rings. The smallest absolute Gasteiger partial charge is 0.390 e. The molecule has 2 saturated heterocycles. The van der Waals surface area contributed by atoms with E-state index in [1.54, 1.807) is 0 Å². The maximum atomic E-state index is 13.5. The first-order chi connectivity index (χ1) is 14.8. The van der Waals surface area contributed by atoms with Crippen LogP contribution in [0.5, 0.6) is 0 Å². The molecule has 1 aromatic heterocycles. The monoisotopic (exact) mass is 483 g/mol. The van der Waals surface area contributed by atoms with Crippen LogP contribution in [0.1, 0.15) is 29.2 Å². The number of hydrogen-bond acceptors (Lipinski definition) is 4. The van der Waals surface area contributed by atoms with E-state index in [1.165, 1.54) is 7.05 Å². The van der Waals surface area contributed by atoms with Crippen molar-refractivity contribution in [1.29, 1.82) is 0 Å². The normalized spacial score (nSPS) is 27.7. The number of aryl methyl sites for hydroxylation is 1. The maximum Gasteiger partial charge on any atom is 0.435 e. The molecule has 6 nitrogen and oxygen atoms in total. The van der Waals surface area contributed by atoms with Crippen LogP contribution in [0.4, 0.5) is 32.0 Å².